The molecule has 1 aliphatic rings. The molecule has 0 bridgehead atoms. The molecule has 1 saturated carbocycles. The van der Waals surface area contributed by atoms with Gasteiger partial charge < -0.3 is 4.57 Å². The third-order valence-corrected chi connectivity index (χ3v) is 7.45. The topological polar surface area (TPSA) is 22.0 Å². The van der Waals surface area contributed by atoms with E-state index in [1.807, 2.05) is 39.8 Å². The molecule has 0 N–H and O–H groups in total. The summed E-state index contributed by atoms with van der Waals surface area (Å²) >= 11 is 0. The fraction of sp³-hybridized carbons (Fsp3) is 0.286. The molecule has 0 atom stereocenters. The quantitative estimate of drug-likeness (QED) is 0.230. The lowest BCUT2D eigenvalue weighted by Crippen LogP contribution is -2.12. The number of aldehydes is 1. The highest BCUT2D eigenvalue weighted by atomic mass is 16.1. The van der Waals surface area contributed by atoms with Crippen LogP contribution in [0, 0.1) is 0 Å². The summed E-state index contributed by atoms with van der Waals surface area (Å²) in [6.45, 7) is 8.00. The first-order chi connectivity index (χ1) is 18.3. The van der Waals surface area contributed by atoms with Crippen LogP contribution < -0.4 is 0 Å². The summed E-state index contributed by atoms with van der Waals surface area (Å²) in [6.07, 6.45) is 5.71. The van der Waals surface area contributed by atoms with Crippen molar-refractivity contribution in [3.05, 3.63) is 114 Å². The Balaban J connectivity index is 0.000000765. The number of nitrogens with zero attached hydrogens (tertiary/aromatic N) is 1. The minimum absolute atomic E-state index is 0.568. The molecule has 37 heavy (non-hydrogen) atoms. The molecule has 0 spiro atoms. The Morgan fingerprint density at radius 1 is 0.595 bits per heavy atom. The van der Waals surface area contributed by atoms with Gasteiger partial charge in [-0.3, -0.25) is 4.79 Å². The molecule has 190 valence electrons. The maximum Gasteiger partial charge on any atom is 0.150 e. The molecule has 1 heterocycles. The normalized spacial score (nSPS) is 16.9. The van der Waals surface area contributed by atoms with Gasteiger partial charge in [-0.15, -0.1) is 0 Å². The first-order valence-electron chi connectivity index (χ1n) is 14.0. The number of benzene rings is 4. The van der Waals surface area contributed by atoms with Crippen LogP contribution >= 0.6 is 0 Å². The molecule has 1 aromatic heterocycles. The third-order valence-electron chi connectivity index (χ3n) is 7.45. The predicted octanol–water partition coefficient (Wildman–Crippen LogP) is 10.1. The Morgan fingerprint density at radius 2 is 1.11 bits per heavy atom. The number of aromatic nitrogens is 1. The van der Waals surface area contributed by atoms with Crippen LogP contribution in [0.5, 0.6) is 0 Å². The summed E-state index contributed by atoms with van der Waals surface area (Å²) in [7, 11) is 0. The van der Waals surface area contributed by atoms with Crippen LogP contribution in [0.25, 0.3) is 27.5 Å². The number of rotatable bonds is 4. The molecule has 6 rings (SSSR count). The molecular weight excluding hydrogens is 450 g/mol. The predicted molar refractivity (Wildman–Crippen MR) is 159 cm³/mol. The molecule has 0 radical (unpaired) electrons. The van der Waals surface area contributed by atoms with Crippen molar-refractivity contribution in [2.24, 2.45) is 0 Å². The summed E-state index contributed by atoms with van der Waals surface area (Å²) in [5, 5.41) is 2.60. The monoisotopic (exact) mass is 489 g/mol. The first-order valence-corrected chi connectivity index (χ1v) is 14.0. The zero-order valence-electron chi connectivity index (χ0n) is 22.7. The molecule has 4 aromatic carbocycles. The molecule has 2 heteroatoms. The summed E-state index contributed by atoms with van der Waals surface area (Å²) in [5.41, 5.74) is 7.28. The van der Waals surface area contributed by atoms with Crippen LogP contribution in [-0.4, -0.2) is 10.9 Å². The van der Waals surface area contributed by atoms with Gasteiger partial charge in [0.05, 0.1) is 11.0 Å². The molecule has 1 aliphatic carbocycles. The van der Waals surface area contributed by atoms with Gasteiger partial charge in [-0.2, -0.15) is 0 Å². The molecule has 1 fully saturated rings. The van der Waals surface area contributed by atoms with E-state index in [1.165, 1.54) is 64.3 Å². The van der Waals surface area contributed by atoms with E-state index >= 15 is 0 Å². The SMILES string of the molecule is CC.CC.O=Cc1cccc(C2CCC(c3ccc(-n4c5ccccc5c5ccccc54)cc3)CC2)c1. The number of para-hydroxylation sites is 2. The summed E-state index contributed by atoms with van der Waals surface area (Å²) in [5.74, 6) is 1.18. The standard InChI is InChI=1S/C31H27NO.2C2H6/c33-21-22-6-5-7-26(20-22)25-14-12-23(13-15-25)24-16-18-27(19-17-24)32-30-10-3-1-8-28(30)29-9-2-4-11-31(29)32;2*1-2/h1-11,16-21,23,25H,12-15H2;2*1-2H3. The second kappa shape index (κ2) is 12.5. The highest BCUT2D eigenvalue weighted by Crippen LogP contribution is 2.41. The summed E-state index contributed by atoms with van der Waals surface area (Å²) in [6, 6.07) is 34.7. The van der Waals surface area contributed by atoms with Crippen molar-refractivity contribution in [1.29, 1.82) is 0 Å². The van der Waals surface area contributed by atoms with Gasteiger partial charge in [0.1, 0.15) is 6.29 Å². The van der Waals surface area contributed by atoms with E-state index in [4.69, 9.17) is 0 Å². The average Bonchev–Trinajstić information content (AvgIpc) is 3.34. The van der Waals surface area contributed by atoms with Crippen molar-refractivity contribution < 1.29 is 4.79 Å². The van der Waals surface area contributed by atoms with E-state index in [0.29, 0.717) is 11.8 Å². The van der Waals surface area contributed by atoms with Crippen molar-refractivity contribution in [3.8, 4) is 5.69 Å². The second-order valence-electron chi connectivity index (χ2n) is 9.30. The molecule has 0 aliphatic heterocycles. The Kier molecular flexibility index (Phi) is 8.95. The van der Waals surface area contributed by atoms with Gasteiger partial charge in [-0.1, -0.05) is 94.4 Å². The number of fused-ring (bicyclic) bond motifs is 3. The van der Waals surface area contributed by atoms with Crippen LogP contribution in [0.1, 0.15) is 86.7 Å². The van der Waals surface area contributed by atoms with E-state index < -0.39 is 0 Å². The Hall–Kier alpha value is -3.65. The largest absolute Gasteiger partial charge is 0.309 e. The summed E-state index contributed by atoms with van der Waals surface area (Å²) < 4.78 is 2.38. The minimum Gasteiger partial charge on any atom is -0.309 e. The van der Waals surface area contributed by atoms with Crippen LogP contribution in [0.15, 0.2) is 97.1 Å². The van der Waals surface area contributed by atoms with E-state index in [2.05, 4.69) is 89.5 Å². The van der Waals surface area contributed by atoms with Gasteiger partial charge in [0.25, 0.3) is 0 Å². The van der Waals surface area contributed by atoms with Crippen molar-refractivity contribution in [1.82, 2.24) is 4.57 Å². The van der Waals surface area contributed by atoms with Gasteiger partial charge in [0.2, 0.25) is 0 Å². The Bertz CT molecular complexity index is 1380. The van der Waals surface area contributed by atoms with E-state index in [0.717, 1.165) is 11.8 Å². The van der Waals surface area contributed by atoms with Gasteiger partial charge in [-0.25, -0.2) is 0 Å². The van der Waals surface area contributed by atoms with Gasteiger partial charge in [-0.05, 0) is 79.0 Å². The highest BCUT2D eigenvalue weighted by Gasteiger charge is 2.24. The fourth-order valence-electron chi connectivity index (χ4n) is 5.74. The molecule has 5 aromatic rings. The van der Waals surface area contributed by atoms with E-state index in [9.17, 15) is 4.79 Å². The lowest BCUT2D eigenvalue weighted by molar-refractivity contribution is 0.112. The number of hydrogen-bond acceptors (Lipinski definition) is 1. The second-order valence-corrected chi connectivity index (χ2v) is 9.30. The van der Waals surface area contributed by atoms with Crippen molar-refractivity contribution in [2.45, 2.75) is 65.2 Å². The van der Waals surface area contributed by atoms with Crippen LogP contribution in [0.2, 0.25) is 0 Å². The lowest BCUT2D eigenvalue weighted by Gasteiger charge is -2.29. The van der Waals surface area contributed by atoms with Crippen LogP contribution in [0.3, 0.4) is 0 Å². The van der Waals surface area contributed by atoms with Crippen molar-refractivity contribution in [2.75, 3.05) is 0 Å². The average molecular weight is 490 g/mol. The molecule has 0 amide bonds. The molecular formula is C35H39NO. The fourth-order valence-corrected chi connectivity index (χ4v) is 5.74. The number of hydrogen-bond donors (Lipinski definition) is 0. The molecule has 0 saturated heterocycles. The van der Waals surface area contributed by atoms with E-state index in [-0.39, 0.29) is 0 Å². The van der Waals surface area contributed by atoms with Crippen LogP contribution in [0.4, 0.5) is 0 Å². The van der Waals surface area contributed by atoms with E-state index in [1.54, 1.807) is 0 Å². The smallest absolute Gasteiger partial charge is 0.150 e. The van der Waals surface area contributed by atoms with Gasteiger partial charge >= 0.3 is 0 Å². The number of carbonyl (C=O) groups excluding carboxylic acids is 1. The molecule has 2 nitrogen and oxygen atoms in total. The lowest BCUT2D eigenvalue weighted by atomic mass is 9.76. The van der Waals surface area contributed by atoms with Gasteiger partial charge in [0, 0.05) is 22.0 Å². The maximum absolute atomic E-state index is 11.1. The zero-order chi connectivity index (χ0) is 26.2. The van der Waals surface area contributed by atoms with Crippen molar-refractivity contribution >= 4 is 28.1 Å². The Labute approximate surface area is 222 Å². The van der Waals surface area contributed by atoms with Gasteiger partial charge in [0.15, 0.2) is 0 Å². The van der Waals surface area contributed by atoms with Crippen LogP contribution in [-0.2, 0) is 0 Å². The first kappa shape index (κ1) is 26.4. The zero-order valence-corrected chi connectivity index (χ0v) is 22.7. The highest BCUT2D eigenvalue weighted by molar-refractivity contribution is 6.09. The number of carbonyl (C=O) groups is 1. The molecule has 0 unspecified atom stereocenters. The third kappa shape index (κ3) is 5.39. The minimum atomic E-state index is 0.568. The Morgan fingerprint density at radius 3 is 1.65 bits per heavy atom. The van der Waals surface area contributed by atoms with Crippen molar-refractivity contribution in [3.63, 3.8) is 0 Å². The summed E-state index contributed by atoms with van der Waals surface area (Å²) in [4.78, 5) is 11.1. The maximum atomic E-state index is 11.1.